The molecule has 3 N–H and O–H groups in total. The van der Waals surface area contributed by atoms with Gasteiger partial charge in [0.15, 0.2) is 0 Å². The minimum atomic E-state index is -0.0597. The van der Waals surface area contributed by atoms with Crippen molar-refractivity contribution in [3.63, 3.8) is 0 Å². The highest BCUT2D eigenvalue weighted by atomic mass is 16.3. The fourth-order valence-corrected chi connectivity index (χ4v) is 4.67. The third-order valence-corrected chi connectivity index (χ3v) is 5.93. The second kappa shape index (κ2) is 6.75. The number of hydrogen-bond acceptors (Lipinski definition) is 3. The normalized spacial score (nSPS) is 33.7. The van der Waals surface area contributed by atoms with Crippen molar-refractivity contribution in [1.29, 1.82) is 0 Å². The van der Waals surface area contributed by atoms with E-state index in [0.717, 1.165) is 12.6 Å². The van der Waals surface area contributed by atoms with E-state index < -0.39 is 0 Å². The fourth-order valence-electron chi connectivity index (χ4n) is 4.67. The molecular formula is C17H31N3O2. The number of hydrogen-bond donors (Lipinski definition) is 3. The molecule has 0 heterocycles. The van der Waals surface area contributed by atoms with Crippen LogP contribution in [-0.2, 0) is 0 Å². The molecule has 2 amide bonds. The molecule has 5 heteroatoms. The maximum Gasteiger partial charge on any atom is 0.315 e. The van der Waals surface area contributed by atoms with Crippen LogP contribution in [0.5, 0.6) is 0 Å². The summed E-state index contributed by atoms with van der Waals surface area (Å²) < 4.78 is 0. The van der Waals surface area contributed by atoms with Crippen LogP contribution in [0.3, 0.4) is 0 Å². The number of aliphatic hydroxyl groups excluding tert-OH is 1. The molecule has 3 aliphatic carbocycles. The Kier molecular flexibility index (Phi) is 4.93. The summed E-state index contributed by atoms with van der Waals surface area (Å²) in [6.07, 6.45) is 6.20. The van der Waals surface area contributed by atoms with E-state index in [1.807, 2.05) is 0 Å². The van der Waals surface area contributed by atoms with Crippen molar-refractivity contribution in [3.05, 3.63) is 0 Å². The van der Waals surface area contributed by atoms with Crippen LogP contribution in [0.2, 0.25) is 0 Å². The van der Waals surface area contributed by atoms with Gasteiger partial charge in [-0.2, -0.15) is 0 Å². The van der Waals surface area contributed by atoms with E-state index in [4.69, 9.17) is 0 Å². The summed E-state index contributed by atoms with van der Waals surface area (Å²) >= 11 is 0. The van der Waals surface area contributed by atoms with Crippen LogP contribution in [0, 0.1) is 17.8 Å². The minimum Gasteiger partial charge on any atom is -0.396 e. The quantitative estimate of drug-likeness (QED) is 0.669. The summed E-state index contributed by atoms with van der Waals surface area (Å²) in [5.74, 6) is 1.46. The van der Waals surface area contributed by atoms with Crippen molar-refractivity contribution in [1.82, 2.24) is 15.5 Å². The van der Waals surface area contributed by atoms with Gasteiger partial charge in [0.2, 0.25) is 0 Å². The zero-order chi connectivity index (χ0) is 15.7. The highest BCUT2D eigenvalue weighted by molar-refractivity contribution is 5.74. The Labute approximate surface area is 133 Å². The minimum absolute atomic E-state index is 0.0597. The molecular weight excluding hydrogens is 278 g/mol. The van der Waals surface area contributed by atoms with Crippen molar-refractivity contribution >= 4 is 6.03 Å². The first-order valence-electron chi connectivity index (χ1n) is 9.01. The standard InChI is InChI=1S/C17H31N3O2/c1-11(2)20(14-5-6-14)8-7-18-17(22)19-16-13-4-3-12(9-13)15(16)10-21/h11-16,21H,3-10H2,1-2H3,(H2,18,19,22). The van der Waals surface area contributed by atoms with Crippen molar-refractivity contribution < 1.29 is 9.90 Å². The smallest absolute Gasteiger partial charge is 0.315 e. The monoisotopic (exact) mass is 309 g/mol. The number of rotatable bonds is 7. The van der Waals surface area contributed by atoms with Gasteiger partial charge in [-0.15, -0.1) is 0 Å². The number of urea groups is 1. The topological polar surface area (TPSA) is 64.6 Å². The Balaban J connectivity index is 1.41. The predicted molar refractivity (Wildman–Crippen MR) is 86.6 cm³/mol. The van der Waals surface area contributed by atoms with Gasteiger partial charge in [-0.3, -0.25) is 4.90 Å². The zero-order valence-electron chi connectivity index (χ0n) is 13.9. The van der Waals surface area contributed by atoms with E-state index in [1.165, 1.54) is 32.1 Å². The van der Waals surface area contributed by atoms with Gasteiger partial charge in [-0.05, 0) is 57.8 Å². The van der Waals surface area contributed by atoms with Gasteiger partial charge < -0.3 is 15.7 Å². The zero-order valence-corrected chi connectivity index (χ0v) is 13.9. The lowest BCUT2D eigenvalue weighted by Crippen LogP contribution is -2.50. The highest BCUT2D eigenvalue weighted by Gasteiger charge is 2.47. The first-order chi connectivity index (χ1) is 10.6. The molecule has 0 aromatic heterocycles. The van der Waals surface area contributed by atoms with E-state index in [9.17, 15) is 9.90 Å². The van der Waals surface area contributed by atoms with E-state index in [0.29, 0.717) is 24.4 Å². The number of carbonyl (C=O) groups is 1. The van der Waals surface area contributed by atoms with Crippen LogP contribution < -0.4 is 10.6 Å². The molecule has 2 bridgehead atoms. The molecule has 3 saturated carbocycles. The molecule has 0 aliphatic heterocycles. The largest absolute Gasteiger partial charge is 0.396 e. The Morgan fingerprint density at radius 3 is 2.59 bits per heavy atom. The second-order valence-corrected chi connectivity index (χ2v) is 7.67. The van der Waals surface area contributed by atoms with Crippen LogP contribution in [-0.4, -0.2) is 53.9 Å². The number of aliphatic hydroxyl groups is 1. The van der Waals surface area contributed by atoms with Crippen molar-refractivity contribution in [3.8, 4) is 0 Å². The van der Waals surface area contributed by atoms with Crippen molar-refractivity contribution in [2.75, 3.05) is 19.7 Å². The fraction of sp³-hybridized carbons (Fsp3) is 0.941. The first-order valence-corrected chi connectivity index (χ1v) is 9.01. The van der Waals surface area contributed by atoms with E-state index in [-0.39, 0.29) is 24.6 Å². The molecule has 4 atom stereocenters. The van der Waals surface area contributed by atoms with Gasteiger partial charge in [0.05, 0.1) is 0 Å². The van der Waals surface area contributed by atoms with Crippen LogP contribution in [0.4, 0.5) is 4.79 Å². The summed E-state index contributed by atoms with van der Waals surface area (Å²) in [6.45, 7) is 6.27. The summed E-state index contributed by atoms with van der Waals surface area (Å²) in [5, 5.41) is 15.7. The lowest BCUT2D eigenvalue weighted by Gasteiger charge is -2.31. The molecule has 3 fully saturated rings. The molecule has 5 nitrogen and oxygen atoms in total. The number of carbonyl (C=O) groups excluding carboxylic acids is 1. The average Bonchev–Trinajstić information content (AvgIpc) is 3.12. The summed E-state index contributed by atoms with van der Waals surface area (Å²) in [6, 6.07) is 1.39. The van der Waals surface area contributed by atoms with Gasteiger partial charge >= 0.3 is 6.03 Å². The van der Waals surface area contributed by atoms with Crippen LogP contribution in [0.25, 0.3) is 0 Å². The number of nitrogens with zero attached hydrogens (tertiary/aromatic N) is 1. The van der Waals surface area contributed by atoms with Crippen LogP contribution in [0.1, 0.15) is 46.0 Å². The molecule has 0 saturated heterocycles. The second-order valence-electron chi connectivity index (χ2n) is 7.67. The van der Waals surface area contributed by atoms with Crippen molar-refractivity contribution in [2.24, 2.45) is 17.8 Å². The van der Waals surface area contributed by atoms with Crippen LogP contribution >= 0.6 is 0 Å². The molecule has 126 valence electrons. The molecule has 0 radical (unpaired) electrons. The Bertz CT molecular complexity index is 395. The van der Waals surface area contributed by atoms with E-state index in [2.05, 4.69) is 29.4 Å². The maximum atomic E-state index is 12.2. The Morgan fingerprint density at radius 1 is 1.23 bits per heavy atom. The molecule has 0 aromatic carbocycles. The molecule has 3 aliphatic rings. The third kappa shape index (κ3) is 3.40. The molecule has 22 heavy (non-hydrogen) atoms. The van der Waals surface area contributed by atoms with Gasteiger partial charge in [0, 0.05) is 43.7 Å². The van der Waals surface area contributed by atoms with E-state index >= 15 is 0 Å². The first kappa shape index (κ1) is 16.1. The predicted octanol–water partition coefficient (Wildman–Crippen LogP) is 1.57. The number of fused-ring (bicyclic) bond motifs is 2. The SMILES string of the molecule is CC(C)N(CCNC(=O)NC1C2CCC(C2)C1CO)C1CC1. The molecule has 0 aromatic rings. The lowest BCUT2D eigenvalue weighted by atomic mass is 9.85. The lowest BCUT2D eigenvalue weighted by molar-refractivity contribution is 0.144. The summed E-state index contributed by atoms with van der Waals surface area (Å²) in [7, 11) is 0. The van der Waals surface area contributed by atoms with Gasteiger partial charge in [0.1, 0.15) is 0 Å². The molecule has 0 spiro atoms. The number of nitrogens with one attached hydrogen (secondary N) is 2. The highest BCUT2D eigenvalue weighted by Crippen LogP contribution is 2.48. The summed E-state index contributed by atoms with van der Waals surface area (Å²) in [4.78, 5) is 14.6. The van der Waals surface area contributed by atoms with Gasteiger partial charge in [-0.25, -0.2) is 4.79 Å². The maximum absolute atomic E-state index is 12.2. The molecule has 4 unspecified atom stereocenters. The van der Waals surface area contributed by atoms with E-state index in [1.54, 1.807) is 0 Å². The third-order valence-electron chi connectivity index (χ3n) is 5.93. The molecule has 3 rings (SSSR count). The van der Waals surface area contributed by atoms with Gasteiger partial charge in [-0.1, -0.05) is 0 Å². The average molecular weight is 309 g/mol. The van der Waals surface area contributed by atoms with Crippen LogP contribution in [0.15, 0.2) is 0 Å². The Morgan fingerprint density at radius 2 is 1.95 bits per heavy atom. The summed E-state index contributed by atoms with van der Waals surface area (Å²) in [5.41, 5.74) is 0. The van der Waals surface area contributed by atoms with Crippen molar-refractivity contribution in [2.45, 2.75) is 64.1 Å². The van der Waals surface area contributed by atoms with Gasteiger partial charge in [0.25, 0.3) is 0 Å². The number of amides is 2. The Hall–Kier alpha value is -0.810.